The highest BCUT2D eigenvalue weighted by atomic mass is 16.6. The predicted octanol–water partition coefficient (Wildman–Crippen LogP) is 4.98. The molecule has 0 aromatic heterocycles. The molecule has 2 atom stereocenters. The lowest BCUT2D eigenvalue weighted by atomic mass is 9.83. The maximum atomic E-state index is 14.2. The van der Waals surface area contributed by atoms with Crippen LogP contribution in [-0.4, -0.2) is 54.3 Å². The number of hydrogen-bond donors (Lipinski definition) is 3. The van der Waals surface area contributed by atoms with Gasteiger partial charge in [0.25, 0.3) is 5.91 Å². The molecule has 10 heteroatoms. The number of methoxy groups -OCH3 is 1. The fourth-order valence-electron chi connectivity index (χ4n) is 4.62. The fraction of sp³-hybridized carbons (Fsp3) is 0.364. The largest absolute Gasteiger partial charge is 0.497 e. The molecule has 228 valence electrons. The Hall–Kier alpha value is -4.57. The number of benzene rings is 3. The number of esters is 1. The molecule has 0 fully saturated rings. The van der Waals surface area contributed by atoms with Crippen molar-refractivity contribution in [2.45, 2.75) is 57.3 Å². The Balaban J connectivity index is 1.73. The Kier molecular flexibility index (Phi) is 10.3. The number of para-hydroxylation sites is 1. The summed E-state index contributed by atoms with van der Waals surface area (Å²) in [7, 11) is 1.56. The van der Waals surface area contributed by atoms with Crippen LogP contribution in [0.1, 0.15) is 57.3 Å². The minimum Gasteiger partial charge on any atom is -0.497 e. The van der Waals surface area contributed by atoms with E-state index in [2.05, 4.69) is 10.9 Å². The number of carbonyl (C=O) groups is 2. The molecule has 43 heavy (non-hydrogen) atoms. The second kappa shape index (κ2) is 14.1. The van der Waals surface area contributed by atoms with Crippen LogP contribution in [0.15, 0.2) is 83.9 Å². The SMILES string of the molecule is COc1cccc([C@@H]2OC(c3ccc(OCCCO)cc3)=N[C@]2(CCC(=O)OC(C)(C)C)C(=O)NNc2ccccc2)c1. The third-order valence-electron chi connectivity index (χ3n) is 6.65. The molecule has 0 unspecified atom stereocenters. The van der Waals surface area contributed by atoms with E-state index < -0.39 is 29.1 Å². The van der Waals surface area contributed by atoms with Gasteiger partial charge in [0.2, 0.25) is 5.90 Å². The van der Waals surface area contributed by atoms with Gasteiger partial charge in [-0.15, -0.1) is 0 Å². The molecule has 0 saturated carbocycles. The predicted molar refractivity (Wildman–Crippen MR) is 163 cm³/mol. The van der Waals surface area contributed by atoms with Gasteiger partial charge >= 0.3 is 5.97 Å². The lowest BCUT2D eigenvalue weighted by Crippen LogP contribution is -2.50. The topological polar surface area (TPSA) is 128 Å². The van der Waals surface area contributed by atoms with Crippen molar-refractivity contribution in [3.05, 3.63) is 90.0 Å². The average Bonchev–Trinajstić information content (AvgIpc) is 3.40. The van der Waals surface area contributed by atoms with Crippen molar-refractivity contribution in [3.63, 3.8) is 0 Å². The molecule has 0 radical (unpaired) electrons. The van der Waals surface area contributed by atoms with Crippen molar-refractivity contribution in [2.24, 2.45) is 4.99 Å². The van der Waals surface area contributed by atoms with Crippen LogP contribution in [-0.2, 0) is 19.1 Å². The van der Waals surface area contributed by atoms with Crippen LogP contribution in [0.3, 0.4) is 0 Å². The zero-order valence-electron chi connectivity index (χ0n) is 25.0. The van der Waals surface area contributed by atoms with E-state index in [1.807, 2.05) is 42.5 Å². The molecule has 3 aromatic rings. The highest BCUT2D eigenvalue weighted by Crippen LogP contribution is 2.44. The zero-order valence-corrected chi connectivity index (χ0v) is 25.0. The first-order valence-electron chi connectivity index (χ1n) is 14.2. The molecule has 0 saturated heterocycles. The van der Waals surface area contributed by atoms with Crippen LogP contribution in [0.5, 0.6) is 11.5 Å². The molecule has 1 heterocycles. The van der Waals surface area contributed by atoms with E-state index in [1.165, 1.54) is 0 Å². The van der Waals surface area contributed by atoms with Gasteiger partial charge in [0.15, 0.2) is 11.6 Å². The van der Waals surface area contributed by atoms with Crippen molar-refractivity contribution < 1.29 is 33.6 Å². The highest BCUT2D eigenvalue weighted by molar-refractivity contribution is 6.01. The van der Waals surface area contributed by atoms with E-state index in [0.717, 1.165) is 0 Å². The van der Waals surface area contributed by atoms with Gasteiger partial charge in [0, 0.05) is 25.0 Å². The number of carbonyl (C=O) groups excluding carboxylic acids is 2. The van der Waals surface area contributed by atoms with Gasteiger partial charge in [-0.1, -0.05) is 30.3 Å². The maximum Gasteiger partial charge on any atom is 0.306 e. The van der Waals surface area contributed by atoms with Gasteiger partial charge in [-0.2, -0.15) is 0 Å². The summed E-state index contributed by atoms with van der Waals surface area (Å²) in [5.74, 6) is 0.525. The molecule has 10 nitrogen and oxygen atoms in total. The first kappa shape index (κ1) is 31.4. The highest BCUT2D eigenvalue weighted by Gasteiger charge is 2.53. The Labute approximate surface area is 252 Å². The quantitative estimate of drug-likeness (QED) is 0.145. The Morgan fingerprint density at radius 3 is 2.42 bits per heavy atom. The van der Waals surface area contributed by atoms with Crippen molar-refractivity contribution in [3.8, 4) is 11.5 Å². The molecule has 0 spiro atoms. The van der Waals surface area contributed by atoms with Gasteiger partial charge < -0.3 is 24.1 Å². The summed E-state index contributed by atoms with van der Waals surface area (Å²) in [6.07, 6.45) is -0.434. The van der Waals surface area contributed by atoms with E-state index in [0.29, 0.717) is 41.3 Å². The molecule has 3 N–H and O–H groups in total. The summed E-state index contributed by atoms with van der Waals surface area (Å²) >= 11 is 0. The molecule has 0 aliphatic carbocycles. The smallest absolute Gasteiger partial charge is 0.306 e. The van der Waals surface area contributed by atoms with Crippen LogP contribution in [0.25, 0.3) is 0 Å². The van der Waals surface area contributed by atoms with Gasteiger partial charge in [0.05, 0.1) is 19.4 Å². The summed E-state index contributed by atoms with van der Waals surface area (Å²) in [6.45, 7) is 5.81. The van der Waals surface area contributed by atoms with E-state index >= 15 is 0 Å². The molecule has 1 amide bonds. The normalized spacial score (nSPS) is 17.8. The summed E-state index contributed by atoms with van der Waals surface area (Å²) in [5, 5.41) is 9.03. The number of ether oxygens (including phenoxy) is 4. The molecular formula is C33H39N3O7. The first-order valence-corrected chi connectivity index (χ1v) is 14.2. The lowest BCUT2D eigenvalue weighted by Gasteiger charge is -2.31. The Morgan fingerprint density at radius 1 is 1.00 bits per heavy atom. The van der Waals surface area contributed by atoms with Gasteiger partial charge in [0.1, 0.15) is 17.1 Å². The summed E-state index contributed by atoms with van der Waals surface area (Å²) in [5.41, 5.74) is 5.48. The third-order valence-corrected chi connectivity index (χ3v) is 6.65. The number of hydrogen-bond acceptors (Lipinski definition) is 9. The van der Waals surface area contributed by atoms with Crippen LogP contribution >= 0.6 is 0 Å². The molecule has 0 bridgehead atoms. The van der Waals surface area contributed by atoms with Crippen LogP contribution in [0.4, 0.5) is 5.69 Å². The number of aliphatic imine (C=N–C) groups is 1. The third kappa shape index (κ3) is 8.26. The second-order valence-corrected chi connectivity index (χ2v) is 11.1. The zero-order chi connectivity index (χ0) is 30.9. The van der Waals surface area contributed by atoms with Gasteiger partial charge in [-0.3, -0.25) is 20.4 Å². The number of aliphatic hydroxyl groups is 1. The van der Waals surface area contributed by atoms with E-state index in [9.17, 15) is 9.59 Å². The van der Waals surface area contributed by atoms with Crippen molar-refractivity contribution >= 4 is 23.5 Å². The Bertz CT molecular complexity index is 1400. The van der Waals surface area contributed by atoms with E-state index in [1.54, 1.807) is 64.3 Å². The van der Waals surface area contributed by atoms with E-state index in [4.69, 9.17) is 29.0 Å². The number of nitrogens with one attached hydrogen (secondary N) is 2. The number of aliphatic hydroxyl groups excluding tert-OH is 1. The standard InChI is InChI=1S/C33H39N3O7/c1-32(2,3)43-28(38)18-19-33(31(39)36-35-25-11-6-5-7-12-25)29(24-10-8-13-27(22-24)40-4)42-30(34-33)23-14-16-26(17-15-23)41-21-9-20-37/h5-8,10-17,22,29,35,37H,9,18-21H2,1-4H3,(H,36,39)/t29-,33-/m0/s1. The second-order valence-electron chi connectivity index (χ2n) is 11.1. The summed E-state index contributed by atoms with van der Waals surface area (Å²) < 4.78 is 23.2. The average molecular weight is 590 g/mol. The molecular weight excluding hydrogens is 550 g/mol. The molecule has 1 aliphatic heterocycles. The number of hydrazine groups is 1. The Morgan fingerprint density at radius 2 is 1.74 bits per heavy atom. The van der Waals surface area contributed by atoms with Crippen molar-refractivity contribution in [1.29, 1.82) is 0 Å². The number of nitrogens with zero attached hydrogens (tertiary/aromatic N) is 1. The van der Waals surface area contributed by atoms with Crippen LogP contribution < -0.4 is 20.3 Å². The lowest BCUT2D eigenvalue weighted by molar-refractivity contribution is -0.155. The first-order chi connectivity index (χ1) is 20.6. The van der Waals surface area contributed by atoms with Crippen molar-refractivity contribution in [1.82, 2.24) is 5.43 Å². The van der Waals surface area contributed by atoms with Crippen LogP contribution in [0.2, 0.25) is 0 Å². The fourth-order valence-corrected chi connectivity index (χ4v) is 4.62. The minimum atomic E-state index is -1.54. The number of amides is 1. The maximum absolute atomic E-state index is 14.2. The number of rotatable bonds is 13. The minimum absolute atomic E-state index is 0.0119. The van der Waals surface area contributed by atoms with Gasteiger partial charge in [-0.25, -0.2) is 4.99 Å². The summed E-state index contributed by atoms with van der Waals surface area (Å²) in [4.78, 5) is 32.0. The molecule has 4 rings (SSSR count). The van der Waals surface area contributed by atoms with Crippen molar-refractivity contribution in [2.75, 3.05) is 25.7 Å². The molecule has 3 aromatic carbocycles. The van der Waals surface area contributed by atoms with Crippen LogP contribution in [0, 0.1) is 0 Å². The monoisotopic (exact) mass is 589 g/mol. The van der Waals surface area contributed by atoms with E-state index in [-0.39, 0.29) is 25.3 Å². The summed E-state index contributed by atoms with van der Waals surface area (Å²) in [6, 6.07) is 23.6. The number of anilines is 1. The van der Waals surface area contributed by atoms with Gasteiger partial charge in [-0.05, 0) is 81.3 Å². The molecule has 1 aliphatic rings.